The lowest BCUT2D eigenvalue weighted by Crippen LogP contribution is -2.25. The highest BCUT2D eigenvalue weighted by Crippen LogP contribution is 1.97. The van der Waals surface area contributed by atoms with Crippen LogP contribution < -0.4 is 0 Å². The van der Waals surface area contributed by atoms with E-state index in [0.717, 1.165) is 12.8 Å². The standard InChI is InChI=1S/C12H20O4/c1-2-3-4-5-6-7-8-12(15)16-11(9-13)10-14/h3-4,6-7,11,13-14H,2,5,8-10H2,1H3/b4-3-,7-6-. The van der Waals surface area contributed by atoms with Gasteiger partial charge in [0.25, 0.3) is 0 Å². The van der Waals surface area contributed by atoms with Gasteiger partial charge in [0, 0.05) is 0 Å². The van der Waals surface area contributed by atoms with Crippen molar-refractivity contribution in [2.75, 3.05) is 13.2 Å². The van der Waals surface area contributed by atoms with Crippen molar-refractivity contribution in [2.24, 2.45) is 0 Å². The quantitative estimate of drug-likeness (QED) is 0.483. The SMILES string of the molecule is CC/C=C\C/C=C\CC(=O)OC(CO)CO. The van der Waals surface area contributed by atoms with Crippen LogP contribution in [-0.4, -0.2) is 35.5 Å². The van der Waals surface area contributed by atoms with Crippen LogP contribution >= 0.6 is 0 Å². The maximum Gasteiger partial charge on any atom is 0.310 e. The summed E-state index contributed by atoms with van der Waals surface area (Å²) in [6.07, 6.45) is 8.82. The number of hydrogen-bond acceptors (Lipinski definition) is 4. The van der Waals surface area contributed by atoms with Gasteiger partial charge in [0.15, 0.2) is 0 Å². The molecule has 0 saturated heterocycles. The summed E-state index contributed by atoms with van der Waals surface area (Å²) in [5, 5.41) is 17.4. The van der Waals surface area contributed by atoms with Gasteiger partial charge in [0.2, 0.25) is 0 Å². The first-order valence-corrected chi connectivity index (χ1v) is 5.45. The molecule has 0 aliphatic rings. The Labute approximate surface area is 96.2 Å². The molecule has 0 atom stereocenters. The minimum absolute atomic E-state index is 0.163. The average Bonchev–Trinajstić information content (AvgIpc) is 2.30. The van der Waals surface area contributed by atoms with E-state index in [4.69, 9.17) is 14.9 Å². The van der Waals surface area contributed by atoms with Crippen molar-refractivity contribution in [1.29, 1.82) is 0 Å². The molecule has 0 saturated carbocycles. The van der Waals surface area contributed by atoms with Crippen LogP contribution in [0, 0.1) is 0 Å². The van der Waals surface area contributed by atoms with E-state index in [1.807, 2.05) is 12.2 Å². The molecular weight excluding hydrogens is 208 g/mol. The molecule has 0 spiro atoms. The number of hydrogen-bond donors (Lipinski definition) is 2. The summed E-state index contributed by atoms with van der Waals surface area (Å²) >= 11 is 0. The fraction of sp³-hybridized carbons (Fsp3) is 0.583. The summed E-state index contributed by atoms with van der Waals surface area (Å²) < 4.78 is 4.77. The van der Waals surface area contributed by atoms with Crippen molar-refractivity contribution in [3.8, 4) is 0 Å². The van der Waals surface area contributed by atoms with E-state index in [0.29, 0.717) is 0 Å². The normalized spacial score (nSPS) is 11.8. The molecule has 0 rings (SSSR count). The molecule has 0 aliphatic heterocycles. The number of esters is 1. The van der Waals surface area contributed by atoms with Crippen LogP contribution in [0.5, 0.6) is 0 Å². The zero-order valence-corrected chi connectivity index (χ0v) is 9.63. The molecule has 0 bridgehead atoms. The van der Waals surface area contributed by atoms with Gasteiger partial charge >= 0.3 is 5.97 Å². The Morgan fingerprint density at radius 1 is 1.19 bits per heavy atom. The molecule has 0 aliphatic carbocycles. The molecule has 0 aromatic rings. The van der Waals surface area contributed by atoms with Gasteiger partial charge in [-0.1, -0.05) is 31.2 Å². The van der Waals surface area contributed by atoms with Gasteiger partial charge in [0.05, 0.1) is 19.6 Å². The largest absolute Gasteiger partial charge is 0.457 e. The zero-order valence-electron chi connectivity index (χ0n) is 9.63. The summed E-state index contributed by atoms with van der Waals surface area (Å²) in [5.41, 5.74) is 0. The summed E-state index contributed by atoms with van der Waals surface area (Å²) in [4.78, 5) is 11.1. The minimum atomic E-state index is -0.805. The molecule has 0 aromatic heterocycles. The molecule has 16 heavy (non-hydrogen) atoms. The topological polar surface area (TPSA) is 66.8 Å². The zero-order chi connectivity index (χ0) is 12.2. The number of carbonyl (C=O) groups is 1. The molecule has 0 radical (unpaired) electrons. The van der Waals surface area contributed by atoms with Gasteiger partial charge in [-0.15, -0.1) is 0 Å². The van der Waals surface area contributed by atoms with Gasteiger partial charge in [0.1, 0.15) is 6.10 Å². The Kier molecular flexibility index (Phi) is 9.66. The maximum atomic E-state index is 11.1. The summed E-state index contributed by atoms with van der Waals surface area (Å²) in [6.45, 7) is 1.35. The van der Waals surface area contributed by atoms with Crippen LogP contribution in [0.4, 0.5) is 0 Å². The highest BCUT2D eigenvalue weighted by molar-refractivity contribution is 5.71. The van der Waals surface area contributed by atoms with E-state index in [-0.39, 0.29) is 19.6 Å². The molecule has 92 valence electrons. The molecule has 4 nitrogen and oxygen atoms in total. The van der Waals surface area contributed by atoms with Gasteiger partial charge in [-0.25, -0.2) is 0 Å². The third-order valence-electron chi connectivity index (χ3n) is 1.83. The Bertz CT molecular complexity index is 229. The average molecular weight is 228 g/mol. The van der Waals surface area contributed by atoms with E-state index in [9.17, 15) is 4.79 Å². The lowest BCUT2D eigenvalue weighted by atomic mass is 10.3. The summed E-state index contributed by atoms with van der Waals surface area (Å²) in [6, 6.07) is 0. The summed E-state index contributed by atoms with van der Waals surface area (Å²) in [7, 11) is 0. The van der Waals surface area contributed by atoms with Crippen molar-refractivity contribution in [3.05, 3.63) is 24.3 Å². The molecular formula is C12H20O4. The fourth-order valence-electron chi connectivity index (χ4n) is 0.984. The number of allylic oxidation sites excluding steroid dienone is 3. The monoisotopic (exact) mass is 228 g/mol. The first-order chi connectivity index (χ1) is 7.74. The minimum Gasteiger partial charge on any atom is -0.457 e. The Balaban J connectivity index is 3.67. The van der Waals surface area contributed by atoms with Gasteiger partial charge in [-0.2, -0.15) is 0 Å². The number of rotatable bonds is 8. The van der Waals surface area contributed by atoms with Gasteiger partial charge in [-0.05, 0) is 12.8 Å². The summed E-state index contributed by atoms with van der Waals surface area (Å²) in [5.74, 6) is -0.441. The molecule has 0 heterocycles. The van der Waals surface area contributed by atoms with Crippen LogP contribution in [0.2, 0.25) is 0 Å². The van der Waals surface area contributed by atoms with Crippen LogP contribution in [-0.2, 0) is 9.53 Å². The highest BCUT2D eigenvalue weighted by atomic mass is 16.6. The predicted molar refractivity (Wildman–Crippen MR) is 61.9 cm³/mol. The number of ether oxygens (including phenoxy) is 1. The van der Waals surface area contributed by atoms with Crippen LogP contribution in [0.3, 0.4) is 0 Å². The smallest absolute Gasteiger partial charge is 0.310 e. The van der Waals surface area contributed by atoms with Crippen molar-refractivity contribution >= 4 is 5.97 Å². The second-order valence-corrected chi connectivity index (χ2v) is 3.27. The van der Waals surface area contributed by atoms with E-state index >= 15 is 0 Å². The first-order valence-electron chi connectivity index (χ1n) is 5.45. The molecule has 0 aromatic carbocycles. The lowest BCUT2D eigenvalue weighted by molar-refractivity contribution is -0.152. The van der Waals surface area contributed by atoms with E-state index in [1.165, 1.54) is 0 Å². The predicted octanol–water partition coefficient (Wildman–Crippen LogP) is 1.19. The molecule has 0 fully saturated rings. The van der Waals surface area contributed by atoms with Crippen molar-refractivity contribution in [3.63, 3.8) is 0 Å². The van der Waals surface area contributed by atoms with Crippen LogP contribution in [0.15, 0.2) is 24.3 Å². The fourth-order valence-corrected chi connectivity index (χ4v) is 0.984. The molecule has 4 heteroatoms. The van der Waals surface area contributed by atoms with Crippen LogP contribution in [0.25, 0.3) is 0 Å². The van der Waals surface area contributed by atoms with Crippen molar-refractivity contribution in [2.45, 2.75) is 32.3 Å². The third-order valence-corrected chi connectivity index (χ3v) is 1.83. The van der Waals surface area contributed by atoms with Gasteiger partial charge in [-0.3, -0.25) is 4.79 Å². The van der Waals surface area contributed by atoms with E-state index in [1.54, 1.807) is 6.08 Å². The Hall–Kier alpha value is -1.13. The van der Waals surface area contributed by atoms with E-state index in [2.05, 4.69) is 13.0 Å². The van der Waals surface area contributed by atoms with Crippen LogP contribution in [0.1, 0.15) is 26.2 Å². The number of aliphatic hydroxyl groups is 2. The molecule has 0 amide bonds. The Morgan fingerprint density at radius 3 is 2.38 bits per heavy atom. The van der Waals surface area contributed by atoms with Crippen molar-refractivity contribution in [1.82, 2.24) is 0 Å². The van der Waals surface area contributed by atoms with Gasteiger partial charge < -0.3 is 14.9 Å². The van der Waals surface area contributed by atoms with Crippen molar-refractivity contribution < 1.29 is 19.7 Å². The lowest BCUT2D eigenvalue weighted by Gasteiger charge is -2.11. The second kappa shape index (κ2) is 10.4. The Morgan fingerprint density at radius 2 is 1.81 bits per heavy atom. The molecule has 2 N–H and O–H groups in total. The maximum absolute atomic E-state index is 11.1. The first kappa shape index (κ1) is 14.9. The third kappa shape index (κ3) is 8.20. The van der Waals surface area contributed by atoms with E-state index < -0.39 is 12.1 Å². The molecule has 0 unspecified atom stereocenters. The highest BCUT2D eigenvalue weighted by Gasteiger charge is 2.10. The number of aliphatic hydroxyl groups excluding tert-OH is 2. The second-order valence-electron chi connectivity index (χ2n) is 3.27. The number of carbonyl (C=O) groups excluding carboxylic acids is 1.